The maximum Gasteiger partial charge on any atom is 0.432 e. The fourth-order valence-corrected chi connectivity index (χ4v) is 1.03. The summed E-state index contributed by atoms with van der Waals surface area (Å²) in [6, 6.07) is 0. The van der Waals surface area contributed by atoms with Gasteiger partial charge >= 0.3 is 6.18 Å². The summed E-state index contributed by atoms with van der Waals surface area (Å²) in [5.41, 5.74) is -0.853. The van der Waals surface area contributed by atoms with Crippen molar-refractivity contribution >= 4 is 22.5 Å². The van der Waals surface area contributed by atoms with E-state index in [9.17, 15) is 13.2 Å². The van der Waals surface area contributed by atoms with Crippen molar-refractivity contribution in [2.75, 3.05) is 0 Å². The van der Waals surface area contributed by atoms with Crippen LogP contribution in [0.3, 0.4) is 0 Å². The molecule has 0 spiro atoms. The van der Waals surface area contributed by atoms with Gasteiger partial charge in [-0.3, -0.25) is 0 Å². The normalized spacial score (nSPS) is 12.0. The summed E-state index contributed by atoms with van der Waals surface area (Å²) in [5.74, 6) is 0. The van der Waals surface area contributed by atoms with Gasteiger partial charge < -0.3 is 4.98 Å². The average Bonchev–Trinajstić information content (AvgIpc) is 2.32. The van der Waals surface area contributed by atoms with Crippen LogP contribution in [0.15, 0.2) is 11.4 Å². The van der Waals surface area contributed by atoms with Gasteiger partial charge in [0.1, 0.15) is 5.69 Å². The van der Waals surface area contributed by atoms with E-state index in [-0.39, 0.29) is 5.16 Å². The molecule has 0 bridgehead atoms. The van der Waals surface area contributed by atoms with Gasteiger partial charge in [-0.25, -0.2) is 4.98 Å². The minimum atomic E-state index is -4.35. The molecule has 0 aliphatic carbocycles. The molecule has 1 heterocycles. The first kappa shape index (κ1) is 8.79. The van der Waals surface area contributed by atoms with Crippen molar-refractivity contribution in [3.8, 4) is 0 Å². The average molecular weight is 200 g/mol. The van der Waals surface area contributed by atoms with E-state index < -0.39 is 11.9 Å². The van der Waals surface area contributed by atoms with Crippen molar-refractivity contribution in [2.24, 2.45) is 0 Å². The highest BCUT2D eigenvalue weighted by Gasteiger charge is 2.32. The number of halogens is 3. The van der Waals surface area contributed by atoms with E-state index in [1.807, 2.05) is 0 Å². The van der Waals surface area contributed by atoms with Crippen molar-refractivity contribution in [1.82, 2.24) is 9.97 Å². The van der Waals surface area contributed by atoms with Crippen LogP contribution in [0.25, 0.3) is 0 Å². The Labute approximate surface area is 69.4 Å². The summed E-state index contributed by atoms with van der Waals surface area (Å²) >= 11 is 3.67. The number of H-pyrrole nitrogens is 1. The molecule has 0 amide bonds. The molecule has 1 N–H and O–H groups in total. The van der Waals surface area contributed by atoms with Gasteiger partial charge in [-0.1, -0.05) is 0 Å². The number of rotatable bonds is 1. The van der Waals surface area contributed by atoms with E-state index in [1.165, 1.54) is 0 Å². The highest BCUT2D eigenvalue weighted by atomic mass is 33.1. The second kappa shape index (κ2) is 2.98. The first-order valence-electron chi connectivity index (χ1n) is 2.47. The minimum Gasteiger partial charge on any atom is -0.329 e. The van der Waals surface area contributed by atoms with E-state index in [1.54, 1.807) is 0 Å². The van der Waals surface area contributed by atoms with Gasteiger partial charge in [0.25, 0.3) is 0 Å². The summed E-state index contributed by atoms with van der Waals surface area (Å²) in [6.45, 7) is 0. The Kier molecular flexibility index (Phi) is 2.38. The van der Waals surface area contributed by atoms with E-state index in [0.717, 1.165) is 17.0 Å². The zero-order valence-corrected chi connectivity index (χ0v) is 6.72. The molecule has 0 saturated carbocycles. The molecule has 0 aliphatic rings. The lowest BCUT2D eigenvalue weighted by molar-refractivity contribution is -0.141. The zero-order chi connectivity index (χ0) is 8.48. The molecular formula is C4H3F3N2S2. The summed E-state index contributed by atoms with van der Waals surface area (Å²) in [7, 11) is 0.834. The predicted octanol–water partition coefficient (Wildman–Crippen LogP) is 2.37. The lowest BCUT2D eigenvalue weighted by atomic mass is 10.5. The summed E-state index contributed by atoms with van der Waals surface area (Å²) in [4.78, 5) is 5.47. The Morgan fingerprint density at radius 3 is 2.45 bits per heavy atom. The van der Waals surface area contributed by atoms with Crippen LogP contribution in [0.2, 0.25) is 0 Å². The highest BCUT2D eigenvalue weighted by Crippen LogP contribution is 2.29. The van der Waals surface area contributed by atoms with Crippen molar-refractivity contribution in [3.05, 3.63) is 11.9 Å². The number of alkyl halides is 3. The van der Waals surface area contributed by atoms with Crippen molar-refractivity contribution in [2.45, 2.75) is 11.3 Å². The van der Waals surface area contributed by atoms with E-state index in [0.29, 0.717) is 0 Å². The van der Waals surface area contributed by atoms with Crippen molar-refractivity contribution < 1.29 is 13.2 Å². The minimum absolute atomic E-state index is 0.139. The van der Waals surface area contributed by atoms with Crippen LogP contribution in [-0.2, 0) is 6.18 Å². The van der Waals surface area contributed by atoms with Gasteiger partial charge in [0.2, 0.25) is 0 Å². The topological polar surface area (TPSA) is 28.7 Å². The van der Waals surface area contributed by atoms with Crippen molar-refractivity contribution in [1.29, 1.82) is 0 Å². The molecule has 1 aromatic rings. The molecule has 1 rings (SSSR count). The molecule has 0 atom stereocenters. The summed E-state index contributed by atoms with van der Waals surface area (Å²) in [6.07, 6.45) is -3.62. The second-order valence-electron chi connectivity index (χ2n) is 1.69. The third-order valence-electron chi connectivity index (χ3n) is 0.944. The summed E-state index contributed by atoms with van der Waals surface area (Å²) in [5, 5.41) is 0.139. The SMILES string of the molecule is FC(F)(F)c1cnc(SS)[nH]1. The number of nitrogens with one attached hydrogen (secondary N) is 1. The first-order valence-corrected chi connectivity index (χ1v) is 4.34. The van der Waals surface area contributed by atoms with Crippen LogP contribution >= 0.6 is 22.5 Å². The Balaban J connectivity index is 2.89. The van der Waals surface area contributed by atoms with E-state index in [2.05, 4.69) is 21.6 Å². The number of thiol groups is 1. The monoisotopic (exact) mass is 200 g/mol. The summed E-state index contributed by atoms with van der Waals surface area (Å²) < 4.78 is 35.5. The van der Waals surface area contributed by atoms with Gasteiger partial charge in [-0.05, 0) is 10.8 Å². The van der Waals surface area contributed by atoms with E-state index in [4.69, 9.17) is 0 Å². The van der Waals surface area contributed by atoms with Gasteiger partial charge in [0.05, 0.1) is 6.20 Å². The van der Waals surface area contributed by atoms with Crippen LogP contribution in [0.1, 0.15) is 5.69 Å². The first-order chi connectivity index (χ1) is 5.04. The molecule has 62 valence electrons. The Bertz CT molecular complexity index is 244. The molecule has 0 radical (unpaired) electrons. The van der Waals surface area contributed by atoms with Gasteiger partial charge in [0.15, 0.2) is 5.16 Å². The lowest BCUT2D eigenvalue weighted by Gasteiger charge is -1.99. The van der Waals surface area contributed by atoms with Gasteiger partial charge in [-0.2, -0.15) is 13.2 Å². The lowest BCUT2D eigenvalue weighted by Crippen LogP contribution is -2.04. The number of nitrogens with zero attached hydrogens (tertiary/aromatic N) is 1. The molecule has 0 unspecified atom stereocenters. The maximum absolute atomic E-state index is 11.8. The molecule has 2 nitrogen and oxygen atoms in total. The molecular weight excluding hydrogens is 197 g/mol. The molecule has 0 aromatic carbocycles. The maximum atomic E-state index is 11.8. The zero-order valence-electron chi connectivity index (χ0n) is 5.01. The molecule has 0 saturated heterocycles. The van der Waals surface area contributed by atoms with Crippen LogP contribution in [-0.4, -0.2) is 9.97 Å². The fourth-order valence-electron chi connectivity index (χ4n) is 0.493. The second-order valence-corrected chi connectivity index (χ2v) is 2.81. The van der Waals surface area contributed by atoms with Gasteiger partial charge in [-0.15, -0.1) is 11.7 Å². The highest BCUT2D eigenvalue weighted by molar-refractivity contribution is 8.68. The van der Waals surface area contributed by atoms with Crippen LogP contribution in [0, 0.1) is 0 Å². The Hall–Kier alpha value is -0.300. The largest absolute Gasteiger partial charge is 0.432 e. The van der Waals surface area contributed by atoms with E-state index >= 15 is 0 Å². The molecule has 0 aliphatic heterocycles. The third-order valence-corrected chi connectivity index (χ3v) is 1.84. The smallest absolute Gasteiger partial charge is 0.329 e. The Morgan fingerprint density at radius 1 is 1.55 bits per heavy atom. The molecule has 0 fully saturated rings. The van der Waals surface area contributed by atoms with Crippen LogP contribution < -0.4 is 0 Å². The standard InChI is InChI=1S/C4H3F3N2S2/c5-4(6,7)2-1-8-3(9-2)11-10/h1,10H,(H,8,9). The van der Waals surface area contributed by atoms with Crippen molar-refractivity contribution in [3.63, 3.8) is 0 Å². The third kappa shape index (κ3) is 2.06. The number of hydrogen-bond acceptors (Lipinski definition) is 3. The van der Waals surface area contributed by atoms with Crippen LogP contribution in [0.5, 0.6) is 0 Å². The fraction of sp³-hybridized carbons (Fsp3) is 0.250. The molecule has 11 heavy (non-hydrogen) atoms. The molecule has 7 heteroatoms. The number of aromatic amines is 1. The molecule has 1 aromatic heterocycles. The number of aromatic nitrogens is 2. The van der Waals surface area contributed by atoms with Crippen LogP contribution in [0.4, 0.5) is 13.2 Å². The van der Waals surface area contributed by atoms with Gasteiger partial charge in [0, 0.05) is 0 Å². The quantitative estimate of drug-likeness (QED) is 0.538. The number of imidazole rings is 1. The Morgan fingerprint density at radius 2 is 2.18 bits per heavy atom. The predicted molar refractivity (Wildman–Crippen MR) is 38.4 cm³/mol. The number of hydrogen-bond donors (Lipinski definition) is 2.